The highest BCUT2D eigenvalue weighted by atomic mass is 19.2. The van der Waals surface area contributed by atoms with E-state index >= 15 is 0 Å². The maximum atomic E-state index is 13.1. The topological polar surface area (TPSA) is 58.2 Å². The number of hydrogen-bond donors (Lipinski definition) is 2. The normalized spacial score (nSPS) is 11.7. The first-order valence-electron chi connectivity index (χ1n) is 7.62. The van der Waals surface area contributed by atoms with Gasteiger partial charge in [0.2, 0.25) is 11.8 Å². The molecule has 0 fully saturated rings. The average Bonchev–Trinajstić information content (AvgIpc) is 2.57. The molecule has 0 bridgehead atoms. The fourth-order valence-electron chi connectivity index (χ4n) is 2.22. The van der Waals surface area contributed by atoms with Gasteiger partial charge in [-0.1, -0.05) is 19.1 Å². The zero-order valence-electron chi connectivity index (χ0n) is 13.5. The Balaban J connectivity index is 1.79. The molecule has 0 aliphatic rings. The van der Waals surface area contributed by atoms with Crippen LogP contribution in [0.4, 0.5) is 18.9 Å². The lowest BCUT2D eigenvalue weighted by molar-refractivity contribution is -0.124. The lowest BCUT2D eigenvalue weighted by Crippen LogP contribution is -2.33. The zero-order valence-corrected chi connectivity index (χ0v) is 13.5. The summed E-state index contributed by atoms with van der Waals surface area (Å²) in [5.74, 6) is -3.49. The number of rotatable bonds is 6. The van der Waals surface area contributed by atoms with Crippen LogP contribution in [0.3, 0.4) is 0 Å². The van der Waals surface area contributed by atoms with Crippen LogP contribution in [0.25, 0.3) is 0 Å². The molecule has 0 saturated heterocycles. The van der Waals surface area contributed by atoms with Crippen LogP contribution in [0.5, 0.6) is 0 Å². The minimum atomic E-state index is -1.07. The van der Waals surface area contributed by atoms with Gasteiger partial charge >= 0.3 is 0 Å². The van der Waals surface area contributed by atoms with Crippen molar-refractivity contribution < 1.29 is 22.8 Å². The molecule has 0 aliphatic heterocycles. The first-order chi connectivity index (χ1) is 11.8. The van der Waals surface area contributed by atoms with Gasteiger partial charge in [0.05, 0.1) is 6.54 Å². The number of anilines is 1. The van der Waals surface area contributed by atoms with E-state index in [-0.39, 0.29) is 36.3 Å². The van der Waals surface area contributed by atoms with Crippen molar-refractivity contribution >= 4 is 17.5 Å². The van der Waals surface area contributed by atoms with E-state index in [4.69, 9.17) is 0 Å². The van der Waals surface area contributed by atoms with Crippen molar-refractivity contribution in [3.63, 3.8) is 0 Å². The van der Waals surface area contributed by atoms with Crippen LogP contribution in [0.2, 0.25) is 0 Å². The minimum absolute atomic E-state index is 0.0952. The molecule has 2 aromatic carbocycles. The first kappa shape index (κ1) is 18.5. The number of carbonyl (C=O) groups is 2. The molecule has 2 amide bonds. The van der Waals surface area contributed by atoms with Crippen LogP contribution in [0, 0.1) is 17.5 Å². The molecule has 7 heteroatoms. The predicted molar refractivity (Wildman–Crippen MR) is 87.4 cm³/mol. The molecule has 2 rings (SSSR count). The SMILES string of the molecule is CC(CC(=O)NCC(=O)Nc1ccc(F)c(F)c1)c1ccc(F)cc1. The molecule has 2 aromatic rings. The van der Waals surface area contributed by atoms with Gasteiger partial charge in [0.25, 0.3) is 0 Å². The molecule has 25 heavy (non-hydrogen) atoms. The van der Waals surface area contributed by atoms with Gasteiger partial charge in [-0.3, -0.25) is 9.59 Å². The van der Waals surface area contributed by atoms with Gasteiger partial charge in [-0.15, -0.1) is 0 Å². The highest BCUT2D eigenvalue weighted by molar-refractivity contribution is 5.94. The molecular weight excluding hydrogens is 333 g/mol. The van der Waals surface area contributed by atoms with E-state index in [1.165, 1.54) is 18.2 Å². The van der Waals surface area contributed by atoms with Crippen molar-refractivity contribution in [3.8, 4) is 0 Å². The van der Waals surface area contributed by atoms with Crippen LogP contribution in [0.15, 0.2) is 42.5 Å². The van der Waals surface area contributed by atoms with Gasteiger partial charge in [-0.2, -0.15) is 0 Å². The highest BCUT2D eigenvalue weighted by Gasteiger charge is 2.13. The maximum absolute atomic E-state index is 13.1. The summed E-state index contributed by atoms with van der Waals surface area (Å²) in [6.45, 7) is 1.52. The quantitative estimate of drug-likeness (QED) is 0.839. The van der Waals surface area contributed by atoms with Crippen LogP contribution < -0.4 is 10.6 Å². The number of carbonyl (C=O) groups excluding carboxylic acids is 2. The van der Waals surface area contributed by atoms with E-state index < -0.39 is 17.5 Å². The molecule has 132 valence electrons. The van der Waals surface area contributed by atoms with Crippen molar-refractivity contribution in [2.24, 2.45) is 0 Å². The third-order valence-electron chi connectivity index (χ3n) is 3.58. The second kappa shape index (κ2) is 8.32. The van der Waals surface area contributed by atoms with Crippen LogP contribution >= 0.6 is 0 Å². The smallest absolute Gasteiger partial charge is 0.243 e. The lowest BCUT2D eigenvalue weighted by Gasteiger charge is -2.12. The van der Waals surface area contributed by atoms with E-state index in [0.717, 1.165) is 17.7 Å². The van der Waals surface area contributed by atoms with Crippen molar-refractivity contribution in [2.75, 3.05) is 11.9 Å². The number of hydrogen-bond acceptors (Lipinski definition) is 2. The van der Waals surface area contributed by atoms with Gasteiger partial charge in [0, 0.05) is 18.2 Å². The fourth-order valence-corrected chi connectivity index (χ4v) is 2.22. The van der Waals surface area contributed by atoms with Gasteiger partial charge in [0.15, 0.2) is 11.6 Å². The Bertz CT molecular complexity index is 763. The molecule has 1 unspecified atom stereocenters. The molecule has 0 radical (unpaired) electrons. The van der Waals surface area contributed by atoms with Gasteiger partial charge in [0.1, 0.15) is 5.82 Å². The Hall–Kier alpha value is -2.83. The fraction of sp³-hybridized carbons (Fsp3) is 0.222. The number of halogens is 3. The molecule has 0 spiro atoms. The van der Waals surface area contributed by atoms with Gasteiger partial charge in [-0.25, -0.2) is 13.2 Å². The largest absolute Gasteiger partial charge is 0.347 e. The molecular formula is C18H17F3N2O2. The average molecular weight is 350 g/mol. The monoisotopic (exact) mass is 350 g/mol. The summed E-state index contributed by atoms with van der Waals surface area (Å²) in [6, 6.07) is 8.80. The van der Waals surface area contributed by atoms with Crippen LogP contribution in [-0.2, 0) is 9.59 Å². The van der Waals surface area contributed by atoms with Crippen molar-refractivity contribution in [3.05, 3.63) is 65.5 Å². The van der Waals surface area contributed by atoms with E-state index in [2.05, 4.69) is 10.6 Å². The summed E-state index contributed by atoms with van der Waals surface area (Å²) < 4.78 is 38.7. The molecule has 0 aliphatic carbocycles. The third kappa shape index (κ3) is 5.63. The van der Waals surface area contributed by atoms with Gasteiger partial charge in [-0.05, 0) is 35.7 Å². The van der Waals surface area contributed by atoms with Crippen molar-refractivity contribution in [2.45, 2.75) is 19.3 Å². The Morgan fingerprint density at radius 1 is 0.960 bits per heavy atom. The molecule has 0 aromatic heterocycles. The summed E-state index contributed by atoms with van der Waals surface area (Å²) in [7, 11) is 0. The van der Waals surface area contributed by atoms with E-state index in [9.17, 15) is 22.8 Å². The first-order valence-corrected chi connectivity index (χ1v) is 7.62. The zero-order chi connectivity index (χ0) is 18.4. The highest BCUT2D eigenvalue weighted by Crippen LogP contribution is 2.19. The van der Waals surface area contributed by atoms with E-state index in [1.807, 2.05) is 6.92 Å². The van der Waals surface area contributed by atoms with E-state index in [0.29, 0.717) is 0 Å². The summed E-state index contributed by atoms with van der Waals surface area (Å²) >= 11 is 0. The third-order valence-corrected chi connectivity index (χ3v) is 3.58. The summed E-state index contributed by atoms with van der Waals surface area (Å²) in [6.07, 6.45) is 0.129. The maximum Gasteiger partial charge on any atom is 0.243 e. The van der Waals surface area contributed by atoms with Crippen molar-refractivity contribution in [1.29, 1.82) is 0 Å². The summed E-state index contributed by atoms with van der Waals surface area (Å²) in [5.41, 5.74) is 0.903. The molecule has 1 atom stereocenters. The standard InChI is InChI=1S/C18H17F3N2O2/c1-11(12-2-4-13(19)5-3-12)8-17(24)22-10-18(25)23-14-6-7-15(20)16(21)9-14/h2-7,9,11H,8,10H2,1H3,(H,22,24)(H,23,25). The second-order valence-corrected chi connectivity index (χ2v) is 5.61. The molecule has 4 nitrogen and oxygen atoms in total. The Morgan fingerprint density at radius 2 is 1.64 bits per heavy atom. The van der Waals surface area contributed by atoms with Crippen LogP contribution in [-0.4, -0.2) is 18.4 Å². The minimum Gasteiger partial charge on any atom is -0.347 e. The molecule has 0 saturated carbocycles. The predicted octanol–water partition coefficient (Wildman–Crippen LogP) is 3.35. The summed E-state index contributed by atoms with van der Waals surface area (Å²) in [4.78, 5) is 23.6. The summed E-state index contributed by atoms with van der Waals surface area (Å²) in [5, 5.41) is 4.80. The van der Waals surface area contributed by atoms with Gasteiger partial charge < -0.3 is 10.6 Å². The molecule has 0 heterocycles. The Labute approximate surface area is 143 Å². The van der Waals surface area contributed by atoms with E-state index in [1.54, 1.807) is 12.1 Å². The van der Waals surface area contributed by atoms with Crippen LogP contribution in [0.1, 0.15) is 24.8 Å². The number of amides is 2. The second-order valence-electron chi connectivity index (χ2n) is 5.61. The number of benzene rings is 2. The Morgan fingerprint density at radius 3 is 2.28 bits per heavy atom. The molecule has 2 N–H and O–H groups in total. The number of nitrogens with one attached hydrogen (secondary N) is 2. The lowest BCUT2D eigenvalue weighted by atomic mass is 9.97. The Kier molecular flexibility index (Phi) is 6.16. The van der Waals surface area contributed by atoms with Crippen molar-refractivity contribution in [1.82, 2.24) is 5.32 Å².